The van der Waals surface area contributed by atoms with Crippen molar-refractivity contribution >= 4 is 52.0 Å². The third-order valence-electron chi connectivity index (χ3n) is 4.36. The van der Waals surface area contributed by atoms with Gasteiger partial charge in [0.25, 0.3) is 0 Å². The van der Waals surface area contributed by atoms with Gasteiger partial charge in [0.15, 0.2) is 0 Å². The van der Waals surface area contributed by atoms with Gasteiger partial charge in [0, 0.05) is 12.6 Å². The molecular formula is C19H15Cl3N2O3. The predicted molar refractivity (Wildman–Crippen MR) is 107 cm³/mol. The van der Waals surface area contributed by atoms with Crippen molar-refractivity contribution in [1.29, 1.82) is 5.41 Å². The molecule has 0 amide bonds. The molecule has 2 aromatic heterocycles. The number of rotatable bonds is 5. The molecule has 0 aliphatic heterocycles. The van der Waals surface area contributed by atoms with E-state index in [-0.39, 0.29) is 32.8 Å². The molecule has 3 aromatic rings. The Hall–Kier alpha value is -2.05. The summed E-state index contributed by atoms with van der Waals surface area (Å²) in [5.74, 6) is -1.05. The lowest BCUT2D eigenvalue weighted by atomic mass is 9.89. The number of carboxylic acid groups (broad SMARTS) is 1. The summed E-state index contributed by atoms with van der Waals surface area (Å²) in [6, 6.07) is 9.40. The lowest BCUT2D eigenvalue weighted by Gasteiger charge is -2.25. The van der Waals surface area contributed by atoms with Crippen LogP contribution in [0.15, 0.2) is 42.6 Å². The second-order valence-electron chi connectivity index (χ2n) is 6.38. The van der Waals surface area contributed by atoms with Gasteiger partial charge in [-0.05, 0) is 48.9 Å². The molecule has 27 heavy (non-hydrogen) atoms. The molecule has 1 unspecified atom stereocenters. The topological polar surface area (TPSA) is 85.8 Å². The lowest BCUT2D eigenvalue weighted by molar-refractivity contribution is 0.0651. The molecule has 5 nitrogen and oxygen atoms in total. The zero-order valence-corrected chi connectivity index (χ0v) is 16.4. The Kier molecular flexibility index (Phi) is 5.23. The van der Waals surface area contributed by atoms with Gasteiger partial charge in [-0.25, -0.2) is 4.79 Å². The molecular weight excluding hydrogens is 411 g/mol. The molecule has 3 rings (SSSR count). The fourth-order valence-electron chi connectivity index (χ4n) is 2.97. The maximum absolute atomic E-state index is 11.4. The van der Waals surface area contributed by atoms with Crippen LogP contribution in [0, 0.1) is 5.41 Å². The number of hydrogen-bond donors (Lipinski definition) is 3. The number of aromatic carboxylic acids is 1. The highest BCUT2D eigenvalue weighted by atomic mass is 35.5. The van der Waals surface area contributed by atoms with Crippen LogP contribution in [0.1, 0.15) is 35.0 Å². The van der Waals surface area contributed by atoms with Gasteiger partial charge >= 0.3 is 5.97 Å². The molecule has 140 valence electrons. The molecule has 0 aliphatic rings. The van der Waals surface area contributed by atoms with E-state index in [2.05, 4.69) is 0 Å². The predicted octanol–water partition coefficient (Wildman–Crippen LogP) is 5.26. The third kappa shape index (κ3) is 3.69. The first-order valence-electron chi connectivity index (χ1n) is 7.90. The van der Waals surface area contributed by atoms with E-state index in [1.165, 1.54) is 18.2 Å². The van der Waals surface area contributed by atoms with Crippen LogP contribution in [0.3, 0.4) is 0 Å². The Morgan fingerprint density at radius 3 is 2.41 bits per heavy atom. The van der Waals surface area contributed by atoms with Crippen LogP contribution < -0.4 is 0 Å². The molecule has 0 fully saturated rings. The highest BCUT2D eigenvalue weighted by Crippen LogP contribution is 2.36. The van der Waals surface area contributed by atoms with E-state index >= 15 is 0 Å². The molecule has 0 saturated heterocycles. The van der Waals surface area contributed by atoms with Crippen LogP contribution in [-0.4, -0.2) is 26.3 Å². The Balaban J connectivity index is 1.98. The largest absolute Gasteiger partial charge is 0.478 e. The zero-order chi connectivity index (χ0) is 19.9. The first-order chi connectivity index (χ1) is 12.6. The minimum Gasteiger partial charge on any atom is -0.478 e. The van der Waals surface area contributed by atoms with E-state index < -0.39 is 11.6 Å². The maximum Gasteiger partial charge on any atom is 0.337 e. The van der Waals surface area contributed by atoms with E-state index in [1.54, 1.807) is 35.7 Å². The molecule has 1 atom stereocenters. The minimum absolute atomic E-state index is 0.0407. The average molecular weight is 426 g/mol. The summed E-state index contributed by atoms with van der Waals surface area (Å²) >= 11 is 18.1. The number of carbonyl (C=O) groups is 1. The monoisotopic (exact) mass is 424 g/mol. The smallest absolute Gasteiger partial charge is 0.337 e. The fraction of sp³-hybridized carbons (Fsp3) is 0.158. The molecule has 3 N–H and O–H groups in total. The summed E-state index contributed by atoms with van der Waals surface area (Å²) in [6.45, 7) is 1.55. The SMILES string of the molecule is CC(O)(CC(=N)c1ccc(C(=O)O)c2cccn12)c1cc(Cl)c(Cl)c(Cl)c1. The number of halogens is 3. The first-order valence-corrected chi connectivity index (χ1v) is 9.04. The van der Waals surface area contributed by atoms with Gasteiger partial charge < -0.3 is 20.0 Å². The Labute approximate surface area is 170 Å². The second-order valence-corrected chi connectivity index (χ2v) is 7.58. The average Bonchev–Trinajstić information content (AvgIpc) is 3.07. The number of nitrogens with zero attached hydrogens (tertiary/aromatic N) is 1. The fourth-order valence-corrected chi connectivity index (χ4v) is 3.56. The van der Waals surface area contributed by atoms with E-state index in [4.69, 9.17) is 40.2 Å². The van der Waals surface area contributed by atoms with Crippen LogP contribution >= 0.6 is 34.8 Å². The van der Waals surface area contributed by atoms with Crippen molar-refractivity contribution in [2.45, 2.75) is 18.9 Å². The van der Waals surface area contributed by atoms with E-state index in [9.17, 15) is 15.0 Å². The number of fused-ring (bicyclic) bond motifs is 1. The van der Waals surface area contributed by atoms with Gasteiger partial charge in [0.05, 0.1) is 43.2 Å². The Morgan fingerprint density at radius 1 is 1.19 bits per heavy atom. The summed E-state index contributed by atoms with van der Waals surface area (Å²) < 4.78 is 1.61. The van der Waals surface area contributed by atoms with Crippen molar-refractivity contribution in [3.05, 3.63) is 74.5 Å². The number of carboxylic acids is 1. The van der Waals surface area contributed by atoms with Crippen molar-refractivity contribution in [1.82, 2.24) is 4.40 Å². The van der Waals surface area contributed by atoms with E-state index in [1.807, 2.05) is 0 Å². The summed E-state index contributed by atoms with van der Waals surface area (Å²) in [5.41, 5.74) is 0.214. The Bertz CT molecular complexity index is 1050. The van der Waals surface area contributed by atoms with E-state index in [0.29, 0.717) is 16.8 Å². The highest BCUT2D eigenvalue weighted by molar-refractivity contribution is 6.48. The van der Waals surface area contributed by atoms with Crippen molar-refractivity contribution in [3.8, 4) is 0 Å². The van der Waals surface area contributed by atoms with Crippen molar-refractivity contribution in [2.24, 2.45) is 0 Å². The summed E-state index contributed by atoms with van der Waals surface area (Å²) in [4.78, 5) is 11.4. The molecule has 0 saturated carbocycles. The van der Waals surface area contributed by atoms with Gasteiger partial charge in [0.2, 0.25) is 0 Å². The highest BCUT2D eigenvalue weighted by Gasteiger charge is 2.28. The maximum atomic E-state index is 11.4. The number of aliphatic hydroxyl groups is 1. The standard InChI is InChI=1S/C19H15Cl3N2O3/c1-19(27,10-7-12(20)17(22)13(21)8-10)9-14(23)16-5-4-11(18(25)26)15-3-2-6-24(15)16/h2-8,23,27H,9H2,1H3,(H,25,26). The molecule has 0 radical (unpaired) electrons. The Morgan fingerprint density at radius 2 is 1.81 bits per heavy atom. The van der Waals surface area contributed by atoms with Gasteiger partial charge in [-0.15, -0.1) is 0 Å². The summed E-state index contributed by atoms with van der Waals surface area (Å²) in [6.07, 6.45) is 1.64. The van der Waals surface area contributed by atoms with Gasteiger partial charge in [-0.2, -0.15) is 0 Å². The van der Waals surface area contributed by atoms with Crippen molar-refractivity contribution in [3.63, 3.8) is 0 Å². The van der Waals surface area contributed by atoms with Gasteiger partial charge in [0.1, 0.15) is 0 Å². The number of aromatic nitrogens is 1. The van der Waals surface area contributed by atoms with Crippen molar-refractivity contribution in [2.75, 3.05) is 0 Å². The number of hydrogen-bond acceptors (Lipinski definition) is 3. The zero-order valence-electron chi connectivity index (χ0n) is 14.1. The molecule has 2 heterocycles. The number of nitrogens with one attached hydrogen (secondary N) is 1. The quantitative estimate of drug-likeness (QED) is 0.385. The molecule has 1 aromatic carbocycles. The van der Waals surface area contributed by atoms with Crippen LogP contribution in [0.2, 0.25) is 15.1 Å². The second kappa shape index (κ2) is 7.17. The number of pyridine rings is 1. The molecule has 8 heteroatoms. The van der Waals surface area contributed by atoms with Crippen LogP contribution in [-0.2, 0) is 5.60 Å². The first kappa shape index (κ1) is 19.7. The molecule has 0 spiro atoms. The summed E-state index contributed by atoms with van der Waals surface area (Å²) in [7, 11) is 0. The van der Waals surface area contributed by atoms with Gasteiger partial charge in [-0.1, -0.05) is 34.8 Å². The van der Waals surface area contributed by atoms with E-state index in [0.717, 1.165) is 0 Å². The van der Waals surface area contributed by atoms with Gasteiger partial charge in [-0.3, -0.25) is 0 Å². The van der Waals surface area contributed by atoms with Crippen molar-refractivity contribution < 1.29 is 15.0 Å². The van der Waals surface area contributed by atoms with Crippen LogP contribution in [0.25, 0.3) is 5.52 Å². The van der Waals surface area contributed by atoms with Crippen LogP contribution in [0.5, 0.6) is 0 Å². The third-order valence-corrected chi connectivity index (χ3v) is 5.56. The molecule has 0 bridgehead atoms. The summed E-state index contributed by atoms with van der Waals surface area (Å²) in [5, 5.41) is 29.3. The lowest BCUT2D eigenvalue weighted by Crippen LogP contribution is -2.26. The number of benzene rings is 1. The molecule has 0 aliphatic carbocycles. The van der Waals surface area contributed by atoms with Crippen LogP contribution in [0.4, 0.5) is 0 Å². The normalized spacial score (nSPS) is 13.5. The minimum atomic E-state index is -1.43.